The van der Waals surface area contributed by atoms with Crippen molar-refractivity contribution in [2.45, 2.75) is 13.8 Å². The fourth-order valence-electron chi connectivity index (χ4n) is 1.52. The number of hydrogen-bond donors (Lipinski definition) is 1. The predicted molar refractivity (Wildman–Crippen MR) is 62.9 cm³/mol. The van der Waals surface area contributed by atoms with Gasteiger partial charge in [0.2, 0.25) is 0 Å². The van der Waals surface area contributed by atoms with Crippen molar-refractivity contribution >= 4 is 21.6 Å². The number of hydrogen-bond acceptors (Lipinski definition) is 3. The zero-order valence-corrected chi connectivity index (χ0v) is 10.1. The molecular weight excluding hydrogens is 256 g/mol. The van der Waals surface area contributed by atoms with Gasteiger partial charge >= 0.3 is 0 Å². The van der Waals surface area contributed by atoms with Crippen molar-refractivity contribution in [3.63, 3.8) is 0 Å². The molecule has 0 radical (unpaired) electrons. The summed E-state index contributed by atoms with van der Waals surface area (Å²) >= 11 is 3.42. The van der Waals surface area contributed by atoms with Crippen LogP contribution in [0.1, 0.15) is 11.4 Å². The second-order valence-corrected chi connectivity index (χ2v) is 4.25. The minimum Gasteiger partial charge on any atom is -0.396 e. The Kier molecular flexibility index (Phi) is 2.48. The highest BCUT2D eigenvalue weighted by Gasteiger charge is 2.10. The summed E-state index contributed by atoms with van der Waals surface area (Å²) in [6, 6.07) is 2.01. The topological polar surface area (TPSA) is 56.7 Å². The molecule has 0 aliphatic heterocycles. The molecule has 2 rings (SSSR count). The molecule has 0 aromatic carbocycles. The average Bonchev–Trinajstić information content (AvgIpc) is 2.45. The van der Waals surface area contributed by atoms with Gasteiger partial charge in [0.15, 0.2) is 0 Å². The quantitative estimate of drug-likeness (QED) is 0.861. The molecule has 15 heavy (non-hydrogen) atoms. The molecule has 0 atom stereocenters. The van der Waals surface area contributed by atoms with E-state index in [0.717, 1.165) is 21.5 Å². The Balaban J connectivity index is 2.68. The Morgan fingerprint density at radius 2 is 2.07 bits per heavy atom. The van der Waals surface area contributed by atoms with Gasteiger partial charge in [-0.3, -0.25) is 4.98 Å². The van der Waals surface area contributed by atoms with E-state index in [1.165, 1.54) is 0 Å². The summed E-state index contributed by atoms with van der Waals surface area (Å²) < 4.78 is 2.66. The Morgan fingerprint density at radius 1 is 1.33 bits per heavy atom. The maximum atomic E-state index is 5.88. The summed E-state index contributed by atoms with van der Waals surface area (Å²) in [6.07, 6.45) is 3.33. The highest BCUT2D eigenvalue weighted by molar-refractivity contribution is 9.10. The first-order valence-electron chi connectivity index (χ1n) is 4.52. The molecule has 4 nitrogen and oxygen atoms in total. The molecule has 0 saturated carbocycles. The molecule has 2 aromatic rings. The lowest BCUT2D eigenvalue weighted by Gasteiger charge is -2.09. The van der Waals surface area contributed by atoms with Gasteiger partial charge in [-0.15, -0.1) is 0 Å². The van der Waals surface area contributed by atoms with Crippen LogP contribution in [0.25, 0.3) is 5.69 Å². The van der Waals surface area contributed by atoms with Gasteiger partial charge in [0.1, 0.15) is 5.69 Å². The van der Waals surface area contributed by atoms with Crippen LogP contribution in [0.2, 0.25) is 0 Å². The molecule has 78 valence electrons. The number of halogens is 1. The van der Waals surface area contributed by atoms with E-state index in [2.05, 4.69) is 26.0 Å². The van der Waals surface area contributed by atoms with Gasteiger partial charge in [0.25, 0.3) is 0 Å². The van der Waals surface area contributed by atoms with E-state index < -0.39 is 0 Å². The molecule has 2 N–H and O–H groups in total. The number of aryl methyl sites for hydroxylation is 2. The van der Waals surface area contributed by atoms with E-state index in [4.69, 9.17) is 5.73 Å². The standard InChI is InChI=1S/C10H11BrN4/c1-6-3-7(2)15(14-6)10-8(11)4-13-5-9(10)12/h3-5H,12H2,1-2H3. The summed E-state index contributed by atoms with van der Waals surface area (Å²) in [4.78, 5) is 3.99. The van der Waals surface area contributed by atoms with Crippen LogP contribution in [0.4, 0.5) is 5.69 Å². The van der Waals surface area contributed by atoms with Gasteiger partial charge < -0.3 is 5.73 Å². The van der Waals surface area contributed by atoms with E-state index in [1.54, 1.807) is 12.4 Å². The molecule has 2 heterocycles. The fraction of sp³-hybridized carbons (Fsp3) is 0.200. The molecule has 0 spiro atoms. The minimum atomic E-state index is 0.607. The van der Waals surface area contributed by atoms with E-state index in [-0.39, 0.29) is 0 Å². The first-order valence-corrected chi connectivity index (χ1v) is 5.31. The summed E-state index contributed by atoms with van der Waals surface area (Å²) in [5.74, 6) is 0. The van der Waals surface area contributed by atoms with Crippen LogP contribution < -0.4 is 5.73 Å². The summed E-state index contributed by atoms with van der Waals surface area (Å²) in [5, 5.41) is 4.38. The molecule has 0 aliphatic rings. The number of rotatable bonds is 1. The lowest BCUT2D eigenvalue weighted by Crippen LogP contribution is -2.04. The number of nitrogens with two attached hydrogens (primary N) is 1. The Hall–Kier alpha value is -1.36. The van der Waals surface area contributed by atoms with Crippen molar-refractivity contribution in [2.24, 2.45) is 0 Å². The highest BCUT2D eigenvalue weighted by atomic mass is 79.9. The van der Waals surface area contributed by atoms with Crippen molar-refractivity contribution in [2.75, 3.05) is 5.73 Å². The maximum Gasteiger partial charge on any atom is 0.105 e. The number of nitrogens with zero attached hydrogens (tertiary/aromatic N) is 3. The fourth-order valence-corrected chi connectivity index (χ4v) is 2.04. The molecule has 0 bridgehead atoms. The first kappa shape index (κ1) is 10.2. The van der Waals surface area contributed by atoms with E-state index in [9.17, 15) is 0 Å². The third-order valence-corrected chi connectivity index (χ3v) is 2.70. The molecule has 0 unspecified atom stereocenters. The van der Waals surface area contributed by atoms with Crippen LogP contribution in [0.5, 0.6) is 0 Å². The van der Waals surface area contributed by atoms with Gasteiger partial charge in [-0.1, -0.05) is 0 Å². The number of anilines is 1. The average molecular weight is 267 g/mol. The summed E-state index contributed by atoms with van der Waals surface area (Å²) in [6.45, 7) is 3.95. The third kappa shape index (κ3) is 1.74. The van der Waals surface area contributed by atoms with Crippen LogP contribution in [0.15, 0.2) is 22.9 Å². The molecule has 0 amide bonds. The van der Waals surface area contributed by atoms with Crippen LogP contribution in [-0.4, -0.2) is 14.8 Å². The summed E-state index contributed by atoms with van der Waals surface area (Å²) in [5.41, 5.74) is 9.34. The Bertz CT molecular complexity index is 484. The Labute approximate surface area is 96.3 Å². The zero-order chi connectivity index (χ0) is 11.0. The van der Waals surface area contributed by atoms with Crippen molar-refractivity contribution in [1.29, 1.82) is 0 Å². The molecule has 0 fully saturated rings. The highest BCUT2D eigenvalue weighted by Crippen LogP contribution is 2.26. The normalized spacial score (nSPS) is 10.6. The smallest absolute Gasteiger partial charge is 0.105 e. The first-order chi connectivity index (χ1) is 7.09. The minimum absolute atomic E-state index is 0.607. The number of pyridine rings is 1. The Morgan fingerprint density at radius 3 is 2.60 bits per heavy atom. The summed E-state index contributed by atoms with van der Waals surface area (Å²) in [7, 11) is 0. The largest absolute Gasteiger partial charge is 0.396 e. The maximum absolute atomic E-state index is 5.88. The van der Waals surface area contributed by atoms with Crippen LogP contribution >= 0.6 is 15.9 Å². The van der Waals surface area contributed by atoms with E-state index >= 15 is 0 Å². The van der Waals surface area contributed by atoms with Gasteiger partial charge in [0, 0.05) is 11.9 Å². The number of nitrogen functional groups attached to an aromatic ring is 1. The second-order valence-electron chi connectivity index (χ2n) is 3.40. The molecule has 0 saturated heterocycles. The van der Waals surface area contributed by atoms with Gasteiger partial charge in [-0.05, 0) is 35.8 Å². The second kappa shape index (κ2) is 3.66. The molecule has 5 heteroatoms. The lowest BCUT2D eigenvalue weighted by atomic mass is 10.3. The predicted octanol–water partition coefficient (Wildman–Crippen LogP) is 2.23. The van der Waals surface area contributed by atoms with Crippen molar-refractivity contribution in [1.82, 2.24) is 14.8 Å². The van der Waals surface area contributed by atoms with Gasteiger partial charge in [-0.25, -0.2) is 4.68 Å². The number of aromatic nitrogens is 3. The van der Waals surface area contributed by atoms with Crippen molar-refractivity contribution in [3.8, 4) is 5.69 Å². The van der Waals surface area contributed by atoms with Crippen molar-refractivity contribution < 1.29 is 0 Å². The SMILES string of the molecule is Cc1cc(C)n(-c2c(N)cncc2Br)n1. The van der Waals surface area contributed by atoms with E-state index in [1.807, 2.05) is 24.6 Å². The van der Waals surface area contributed by atoms with Crippen LogP contribution in [-0.2, 0) is 0 Å². The third-order valence-electron chi connectivity index (χ3n) is 2.12. The zero-order valence-electron chi connectivity index (χ0n) is 8.53. The van der Waals surface area contributed by atoms with Gasteiger partial charge in [-0.2, -0.15) is 5.10 Å². The van der Waals surface area contributed by atoms with Crippen molar-refractivity contribution in [3.05, 3.63) is 34.3 Å². The van der Waals surface area contributed by atoms with Crippen LogP contribution in [0.3, 0.4) is 0 Å². The molecular formula is C10H11BrN4. The monoisotopic (exact) mass is 266 g/mol. The molecule has 0 aliphatic carbocycles. The lowest BCUT2D eigenvalue weighted by molar-refractivity contribution is 0.830. The van der Waals surface area contributed by atoms with Crippen LogP contribution in [0, 0.1) is 13.8 Å². The van der Waals surface area contributed by atoms with Gasteiger partial charge in [0.05, 0.1) is 22.1 Å². The van der Waals surface area contributed by atoms with E-state index in [0.29, 0.717) is 5.69 Å². The molecule has 2 aromatic heterocycles.